The van der Waals surface area contributed by atoms with Crippen LogP contribution >= 0.6 is 23.2 Å². The zero-order chi connectivity index (χ0) is 22.1. The lowest BCUT2D eigenvalue weighted by Gasteiger charge is -2.14. The third-order valence-electron chi connectivity index (χ3n) is 4.85. The molecular weight excluding hydrogens is 439 g/mol. The molecule has 4 aromatic rings. The van der Waals surface area contributed by atoms with Crippen molar-refractivity contribution in [3.63, 3.8) is 0 Å². The highest BCUT2D eigenvalue weighted by atomic mass is 35.5. The molecule has 0 saturated heterocycles. The van der Waals surface area contributed by atoms with E-state index in [0.717, 1.165) is 21.5 Å². The van der Waals surface area contributed by atoms with Gasteiger partial charge >= 0.3 is 0 Å². The summed E-state index contributed by atoms with van der Waals surface area (Å²) >= 11 is 12.6. The van der Waals surface area contributed by atoms with Crippen molar-refractivity contribution in [2.75, 3.05) is 12.4 Å². The Labute approximate surface area is 187 Å². The Morgan fingerprint density at radius 2 is 1.90 bits per heavy atom. The first-order valence-corrected chi connectivity index (χ1v) is 10.1. The molecule has 0 saturated carbocycles. The van der Waals surface area contributed by atoms with Gasteiger partial charge in [0.05, 0.1) is 22.2 Å². The molecule has 0 aliphatic carbocycles. The minimum absolute atomic E-state index is 0.0792. The fraction of sp³-hybridized carbons (Fsp3) is 0.136. The maximum absolute atomic E-state index is 13.1. The van der Waals surface area contributed by atoms with Gasteiger partial charge in [-0.1, -0.05) is 41.4 Å². The summed E-state index contributed by atoms with van der Waals surface area (Å²) in [5.41, 5.74) is 2.98. The summed E-state index contributed by atoms with van der Waals surface area (Å²) in [4.78, 5) is 27.3. The molecule has 4 rings (SSSR count). The first-order chi connectivity index (χ1) is 14.9. The van der Waals surface area contributed by atoms with Crippen LogP contribution in [0.1, 0.15) is 11.1 Å². The molecular formula is C22H18Cl2N4O3. The predicted octanol–water partition coefficient (Wildman–Crippen LogP) is 4.37. The van der Waals surface area contributed by atoms with Crippen molar-refractivity contribution in [2.24, 2.45) is 0 Å². The summed E-state index contributed by atoms with van der Waals surface area (Å²) in [6, 6.07) is 12.2. The Hall–Kier alpha value is -3.13. The fourth-order valence-electron chi connectivity index (χ4n) is 3.26. The number of hydrogen-bond acceptors (Lipinski definition) is 6. The van der Waals surface area contributed by atoms with Gasteiger partial charge in [0.2, 0.25) is 5.95 Å². The molecule has 0 atom stereocenters. The highest BCUT2D eigenvalue weighted by Gasteiger charge is 2.18. The molecule has 9 heteroatoms. The van der Waals surface area contributed by atoms with Crippen molar-refractivity contribution < 1.29 is 9.94 Å². The van der Waals surface area contributed by atoms with E-state index in [0.29, 0.717) is 21.0 Å². The first kappa shape index (κ1) is 21.1. The Balaban J connectivity index is 1.85. The third kappa shape index (κ3) is 3.95. The Morgan fingerprint density at radius 3 is 2.58 bits per heavy atom. The lowest BCUT2D eigenvalue weighted by Crippen LogP contribution is -2.27. The van der Waals surface area contributed by atoms with Gasteiger partial charge in [-0.05, 0) is 42.3 Å². The van der Waals surface area contributed by atoms with Crippen LogP contribution in [0.5, 0.6) is 0 Å². The number of halogens is 2. The van der Waals surface area contributed by atoms with E-state index in [4.69, 9.17) is 28.0 Å². The number of hydrogen-bond donors (Lipinski definition) is 2. The van der Waals surface area contributed by atoms with Crippen LogP contribution in [-0.4, -0.2) is 26.9 Å². The van der Waals surface area contributed by atoms with Gasteiger partial charge in [0.1, 0.15) is 7.11 Å². The normalized spacial score (nSPS) is 11.0. The van der Waals surface area contributed by atoms with Gasteiger partial charge in [-0.15, -0.1) is 4.73 Å². The van der Waals surface area contributed by atoms with Gasteiger partial charge in [0.25, 0.3) is 5.56 Å². The molecule has 0 radical (unpaired) electrons. The second-order valence-corrected chi connectivity index (χ2v) is 7.66. The number of aryl methyl sites for hydroxylation is 1. The van der Waals surface area contributed by atoms with Crippen LogP contribution in [0.15, 0.2) is 53.5 Å². The van der Waals surface area contributed by atoms with Crippen molar-refractivity contribution in [3.05, 3.63) is 80.2 Å². The molecule has 2 aromatic heterocycles. The topological polar surface area (TPSA) is 89.3 Å². The smallest absolute Gasteiger partial charge is 0.293 e. The lowest BCUT2D eigenvalue weighted by molar-refractivity contribution is 0.168. The molecule has 31 heavy (non-hydrogen) atoms. The minimum Gasteiger partial charge on any atom is -0.412 e. The summed E-state index contributed by atoms with van der Waals surface area (Å²) in [5, 5.41) is 13.8. The highest BCUT2D eigenvalue weighted by molar-refractivity contribution is 6.39. The van der Waals surface area contributed by atoms with Crippen LogP contribution in [0, 0.1) is 6.92 Å². The van der Waals surface area contributed by atoms with Gasteiger partial charge in [0.15, 0.2) is 5.65 Å². The molecule has 2 heterocycles. The van der Waals surface area contributed by atoms with Crippen LogP contribution in [0.2, 0.25) is 10.0 Å². The maximum Gasteiger partial charge on any atom is 0.293 e. The molecule has 0 unspecified atom stereocenters. The molecule has 0 bridgehead atoms. The number of aliphatic hydroxyl groups is 1. The molecule has 7 nitrogen and oxygen atoms in total. The van der Waals surface area contributed by atoms with Gasteiger partial charge in [-0.25, -0.2) is 4.98 Å². The standard InChI is InChI=1S/C22H18Cl2N4O3/c1-12-6-7-13(11-29)8-18(12)26-22-25-10-14-9-15(19-16(23)4-3-5-17(19)24)21(30)28(31-2)20(14)27-22/h3-10,29H,11H2,1-2H3,(H,25,26,27). The van der Waals surface area contributed by atoms with Gasteiger partial charge in [0, 0.05) is 22.8 Å². The van der Waals surface area contributed by atoms with E-state index in [1.807, 2.05) is 25.1 Å². The number of fused-ring (bicyclic) bond motifs is 1. The molecule has 0 fully saturated rings. The summed E-state index contributed by atoms with van der Waals surface area (Å²) in [5.74, 6) is 0.277. The van der Waals surface area contributed by atoms with Crippen molar-refractivity contribution in [2.45, 2.75) is 13.5 Å². The summed E-state index contributed by atoms with van der Waals surface area (Å²) < 4.78 is 1.08. The molecule has 0 amide bonds. The zero-order valence-corrected chi connectivity index (χ0v) is 18.2. The number of anilines is 2. The van der Waals surface area contributed by atoms with Crippen LogP contribution in [0.4, 0.5) is 11.6 Å². The fourth-order valence-corrected chi connectivity index (χ4v) is 3.86. The van der Waals surface area contributed by atoms with E-state index in [9.17, 15) is 9.90 Å². The highest BCUT2D eigenvalue weighted by Crippen LogP contribution is 2.33. The molecule has 0 aliphatic rings. The zero-order valence-electron chi connectivity index (χ0n) is 16.7. The van der Waals surface area contributed by atoms with Crippen molar-refractivity contribution in [1.29, 1.82) is 0 Å². The van der Waals surface area contributed by atoms with Crippen LogP contribution < -0.4 is 15.7 Å². The number of rotatable bonds is 5. The van der Waals surface area contributed by atoms with Gasteiger partial charge in [-0.2, -0.15) is 4.98 Å². The van der Waals surface area contributed by atoms with E-state index in [2.05, 4.69) is 15.3 Å². The quantitative estimate of drug-likeness (QED) is 0.463. The van der Waals surface area contributed by atoms with Crippen LogP contribution in [-0.2, 0) is 6.61 Å². The van der Waals surface area contributed by atoms with Crippen molar-refractivity contribution >= 4 is 45.9 Å². The number of aliphatic hydroxyl groups excluding tert-OH is 1. The average Bonchev–Trinajstić information content (AvgIpc) is 2.75. The average molecular weight is 457 g/mol. The minimum atomic E-state index is -0.451. The predicted molar refractivity (Wildman–Crippen MR) is 122 cm³/mol. The first-order valence-electron chi connectivity index (χ1n) is 9.32. The van der Waals surface area contributed by atoms with Crippen molar-refractivity contribution in [3.8, 4) is 11.1 Å². The largest absolute Gasteiger partial charge is 0.412 e. The third-order valence-corrected chi connectivity index (χ3v) is 5.48. The summed E-state index contributed by atoms with van der Waals surface area (Å²) in [6.45, 7) is 1.85. The van der Waals surface area contributed by atoms with Gasteiger partial charge in [-0.3, -0.25) is 4.79 Å². The van der Waals surface area contributed by atoms with E-state index < -0.39 is 5.56 Å². The van der Waals surface area contributed by atoms with E-state index in [1.165, 1.54) is 7.11 Å². The van der Waals surface area contributed by atoms with Gasteiger partial charge < -0.3 is 15.3 Å². The van der Waals surface area contributed by atoms with Crippen LogP contribution in [0.25, 0.3) is 22.2 Å². The number of nitrogens with one attached hydrogen (secondary N) is 1. The van der Waals surface area contributed by atoms with E-state index in [-0.39, 0.29) is 23.8 Å². The second-order valence-electron chi connectivity index (χ2n) is 6.84. The number of nitrogens with zero attached hydrogens (tertiary/aromatic N) is 3. The summed E-state index contributed by atoms with van der Waals surface area (Å²) in [6.07, 6.45) is 1.58. The lowest BCUT2D eigenvalue weighted by atomic mass is 10.1. The molecule has 2 N–H and O–H groups in total. The van der Waals surface area contributed by atoms with Crippen LogP contribution in [0.3, 0.4) is 0 Å². The van der Waals surface area contributed by atoms with E-state index >= 15 is 0 Å². The monoisotopic (exact) mass is 456 g/mol. The van der Waals surface area contributed by atoms with Crippen molar-refractivity contribution in [1.82, 2.24) is 14.7 Å². The second kappa shape index (κ2) is 8.55. The Morgan fingerprint density at radius 1 is 1.16 bits per heavy atom. The maximum atomic E-state index is 13.1. The summed E-state index contributed by atoms with van der Waals surface area (Å²) in [7, 11) is 1.38. The molecule has 158 valence electrons. The number of benzene rings is 2. The Bertz CT molecular complexity index is 1330. The molecule has 2 aromatic carbocycles. The number of pyridine rings is 1. The molecule has 0 aliphatic heterocycles. The Kier molecular flexibility index (Phi) is 5.82. The number of aromatic nitrogens is 3. The molecule has 0 spiro atoms. The van der Waals surface area contributed by atoms with E-state index in [1.54, 1.807) is 30.5 Å². The SMILES string of the molecule is COn1c(=O)c(-c2c(Cl)cccc2Cl)cc2cnc(Nc3cc(CO)ccc3C)nc21.